The van der Waals surface area contributed by atoms with Gasteiger partial charge in [-0.1, -0.05) is 43.9 Å². The van der Waals surface area contributed by atoms with Crippen molar-refractivity contribution in [2.24, 2.45) is 0 Å². The molecule has 5 heteroatoms. The number of carbonyl (C=O) groups excluding carboxylic acids is 1. The molecular formula is C18H22F3NO. The van der Waals surface area contributed by atoms with Crippen molar-refractivity contribution in [1.82, 2.24) is 5.32 Å². The van der Waals surface area contributed by atoms with Gasteiger partial charge in [0.1, 0.15) is 0 Å². The molecule has 126 valence electrons. The minimum Gasteiger partial charge on any atom is -0.353 e. The first-order valence-corrected chi connectivity index (χ1v) is 8.40. The summed E-state index contributed by atoms with van der Waals surface area (Å²) in [5.74, 6) is -0.0822. The predicted molar refractivity (Wildman–Crippen MR) is 82.0 cm³/mol. The van der Waals surface area contributed by atoms with E-state index in [1.165, 1.54) is 12.1 Å². The number of nitrogens with one attached hydrogen (secondary N) is 1. The third-order valence-electron chi connectivity index (χ3n) is 5.32. The molecule has 0 heterocycles. The summed E-state index contributed by atoms with van der Waals surface area (Å²) in [6.07, 6.45) is 2.83. The van der Waals surface area contributed by atoms with Crippen molar-refractivity contribution in [3.05, 3.63) is 35.4 Å². The van der Waals surface area contributed by atoms with Crippen molar-refractivity contribution >= 4 is 5.91 Å². The van der Waals surface area contributed by atoms with E-state index in [2.05, 4.69) is 5.32 Å². The van der Waals surface area contributed by atoms with Gasteiger partial charge in [-0.3, -0.25) is 4.79 Å². The van der Waals surface area contributed by atoms with Gasteiger partial charge < -0.3 is 5.32 Å². The normalized spacial score (nSPS) is 21.5. The first kappa shape index (κ1) is 16.3. The van der Waals surface area contributed by atoms with Crippen LogP contribution in [0.3, 0.4) is 0 Å². The van der Waals surface area contributed by atoms with E-state index < -0.39 is 17.2 Å². The number of rotatable bonds is 3. The van der Waals surface area contributed by atoms with Crippen LogP contribution in [0.25, 0.3) is 0 Å². The number of amides is 1. The van der Waals surface area contributed by atoms with Crippen molar-refractivity contribution < 1.29 is 18.0 Å². The lowest BCUT2D eigenvalue weighted by Gasteiger charge is -2.30. The van der Waals surface area contributed by atoms with Gasteiger partial charge >= 0.3 is 6.18 Å². The molecule has 3 rings (SSSR count). The Kier molecular flexibility index (Phi) is 4.39. The van der Waals surface area contributed by atoms with Crippen molar-refractivity contribution in [2.45, 2.75) is 69.0 Å². The van der Waals surface area contributed by atoms with Crippen LogP contribution in [0.15, 0.2) is 24.3 Å². The van der Waals surface area contributed by atoms with Crippen molar-refractivity contribution in [3.63, 3.8) is 0 Å². The van der Waals surface area contributed by atoms with E-state index in [0.717, 1.165) is 44.6 Å². The zero-order valence-corrected chi connectivity index (χ0v) is 13.1. The summed E-state index contributed by atoms with van der Waals surface area (Å²) in [6.45, 7) is 0. The topological polar surface area (TPSA) is 29.1 Å². The molecule has 2 fully saturated rings. The number of hydrogen-bond donors (Lipinski definition) is 1. The van der Waals surface area contributed by atoms with Crippen LogP contribution in [-0.4, -0.2) is 11.9 Å². The van der Waals surface area contributed by atoms with Crippen LogP contribution in [0.1, 0.15) is 62.5 Å². The fourth-order valence-corrected chi connectivity index (χ4v) is 4.01. The fraction of sp³-hybridized carbons (Fsp3) is 0.611. The van der Waals surface area contributed by atoms with Gasteiger partial charge in [0.25, 0.3) is 0 Å². The highest BCUT2D eigenvalue weighted by Crippen LogP contribution is 2.43. The van der Waals surface area contributed by atoms with Gasteiger partial charge in [-0.15, -0.1) is 0 Å². The Morgan fingerprint density at radius 1 is 1.09 bits per heavy atom. The van der Waals surface area contributed by atoms with E-state index in [-0.39, 0.29) is 11.9 Å². The number of carbonyl (C=O) groups is 1. The molecule has 0 radical (unpaired) electrons. The first-order chi connectivity index (χ1) is 10.9. The summed E-state index contributed by atoms with van der Waals surface area (Å²) in [7, 11) is 0. The van der Waals surface area contributed by atoms with Gasteiger partial charge in [-0.2, -0.15) is 13.2 Å². The highest BCUT2D eigenvalue weighted by molar-refractivity contribution is 5.89. The molecule has 1 aromatic carbocycles. The van der Waals surface area contributed by atoms with Gasteiger partial charge in [-0.05, 0) is 37.3 Å². The molecule has 2 nitrogen and oxygen atoms in total. The van der Waals surface area contributed by atoms with Crippen LogP contribution >= 0.6 is 0 Å². The Balaban J connectivity index is 1.90. The van der Waals surface area contributed by atoms with E-state index in [9.17, 15) is 18.0 Å². The Morgan fingerprint density at radius 3 is 2.35 bits per heavy atom. The summed E-state index contributed by atoms with van der Waals surface area (Å²) >= 11 is 0. The minimum atomic E-state index is -4.38. The number of benzene rings is 1. The Bertz CT molecular complexity index is 570. The molecule has 2 aliphatic rings. The van der Waals surface area contributed by atoms with Crippen LogP contribution in [0.4, 0.5) is 13.2 Å². The van der Waals surface area contributed by atoms with E-state index in [1.807, 2.05) is 0 Å². The lowest BCUT2D eigenvalue weighted by atomic mass is 9.77. The standard InChI is InChI=1S/C18H22F3NO/c19-18(20,21)14-7-5-6-13(12-14)17(10-3-4-11-17)16(23)22-15-8-1-2-9-15/h5-7,12,15H,1-4,8-11H2,(H,22,23). The molecule has 0 saturated heterocycles. The Hall–Kier alpha value is -1.52. The summed E-state index contributed by atoms with van der Waals surface area (Å²) in [4.78, 5) is 12.9. The average Bonchev–Trinajstić information content (AvgIpc) is 3.18. The SMILES string of the molecule is O=C(NC1CCCC1)C1(c2cccc(C(F)(F)F)c2)CCCC1. The molecule has 0 aromatic heterocycles. The highest BCUT2D eigenvalue weighted by Gasteiger charge is 2.44. The second-order valence-corrected chi connectivity index (χ2v) is 6.82. The molecule has 0 spiro atoms. The molecular weight excluding hydrogens is 303 g/mol. The van der Waals surface area contributed by atoms with Gasteiger partial charge in [-0.25, -0.2) is 0 Å². The molecule has 0 aliphatic heterocycles. The molecule has 1 N–H and O–H groups in total. The van der Waals surface area contributed by atoms with Crippen LogP contribution in [0.2, 0.25) is 0 Å². The van der Waals surface area contributed by atoms with Gasteiger partial charge in [0.2, 0.25) is 5.91 Å². The van der Waals surface area contributed by atoms with E-state index in [0.29, 0.717) is 18.4 Å². The van der Waals surface area contributed by atoms with Crippen molar-refractivity contribution in [3.8, 4) is 0 Å². The molecule has 0 atom stereocenters. The number of hydrogen-bond acceptors (Lipinski definition) is 1. The minimum absolute atomic E-state index is 0.0822. The average molecular weight is 325 g/mol. The Morgan fingerprint density at radius 2 is 1.74 bits per heavy atom. The summed E-state index contributed by atoms with van der Waals surface area (Å²) in [5, 5.41) is 3.10. The monoisotopic (exact) mass is 325 g/mol. The van der Waals surface area contributed by atoms with E-state index in [1.54, 1.807) is 6.07 Å². The number of halogens is 3. The van der Waals surface area contributed by atoms with Gasteiger partial charge in [0, 0.05) is 6.04 Å². The predicted octanol–water partition coefficient (Wildman–Crippen LogP) is 4.58. The molecule has 0 bridgehead atoms. The fourth-order valence-electron chi connectivity index (χ4n) is 4.01. The van der Waals surface area contributed by atoms with Crippen LogP contribution in [0.5, 0.6) is 0 Å². The zero-order valence-electron chi connectivity index (χ0n) is 13.1. The van der Waals surface area contributed by atoms with E-state index in [4.69, 9.17) is 0 Å². The Labute approximate surface area is 134 Å². The molecule has 2 saturated carbocycles. The third-order valence-corrected chi connectivity index (χ3v) is 5.32. The smallest absolute Gasteiger partial charge is 0.353 e. The maximum Gasteiger partial charge on any atom is 0.416 e. The number of alkyl halides is 3. The van der Waals surface area contributed by atoms with Gasteiger partial charge in [0.05, 0.1) is 11.0 Å². The maximum atomic E-state index is 13.0. The van der Waals surface area contributed by atoms with Crippen LogP contribution in [-0.2, 0) is 16.4 Å². The molecule has 1 aromatic rings. The second-order valence-electron chi connectivity index (χ2n) is 6.82. The highest BCUT2D eigenvalue weighted by atomic mass is 19.4. The van der Waals surface area contributed by atoms with Crippen LogP contribution < -0.4 is 5.32 Å². The lowest BCUT2D eigenvalue weighted by molar-refractivity contribution is -0.138. The third kappa shape index (κ3) is 3.24. The molecule has 0 unspecified atom stereocenters. The quantitative estimate of drug-likeness (QED) is 0.866. The summed E-state index contributed by atoms with van der Waals surface area (Å²) in [5.41, 5.74) is -0.945. The second kappa shape index (κ2) is 6.17. The molecule has 23 heavy (non-hydrogen) atoms. The molecule has 2 aliphatic carbocycles. The summed E-state index contributed by atoms with van der Waals surface area (Å²) in [6, 6.07) is 5.52. The van der Waals surface area contributed by atoms with E-state index >= 15 is 0 Å². The summed E-state index contributed by atoms with van der Waals surface area (Å²) < 4.78 is 39.0. The first-order valence-electron chi connectivity index (χ1n) is 8.40. The van der Waals surface area contributed by atoms with Crippen LogP contribution in [0, 0.1) is 0 Å². The zero-order chi connectivity index (χ0) is 16.5. The maximum absolute atomic E-state index is 13.0. The van der Waals surface area contributed by atoms with Gasteiger partial charge in [0.15, 0.2) is 0 Å². The largest absolute Gasteiger partial charge is 0.416 e. The van der Waals surface area contributed by atoms with Crippen molar-refractivity contribution in [2.75, 3.05) is 0 Å². The lowest BCUT2D eigenvalue weighted by Crippen LogP contribution is -2.46. The van der Waals surface area contributed by atoms with Crippen molar-refractivity contribution in [1.29, 1.82) is 0 Å². The molecule has 1 amide bonds.